The Morgan fingerprint density at radius 1 is 1.00 bits per heavy atom. The third-order valence-corrected chi connectivity index (χ3v) is 8.44. The van der Waals surface area contributed by atoms with Crippen molar-refractivity contribution in [3.63, 3.8) is 0 Å². The summed E-state index contributed by atoms with van der Waals surface area (Å²) in [5.41, 5.74) is 2.23. The fourth-order valence-corrected chi connectivity index (χ4v) is 6.05. The number of nitrogens with one attached hydrogen (secondary N) is 1. The normalized spacial score (nSPS) is 18.4. The van der Waals surface area contributed by atoms with Gasteiger partial charge in [0.05, 0.1) is 34.9 Å². The first kappa shape index (κ1) is 25.7. The summed E-state index contributed by atoms with van der Waals surface area (Å²) < 4.78 is 3.27. The topological polar surface area (TPSA) is 102 Å². The van der Waals surface area contributed by atoms with Crippen molar-refractivity contribution in [2.75, 3.05) is 4.90 Å². The van der Waals surface area contributed by atoms with E-state index in [0.717, 1.165) is 27.0 Å². The number of hydrogen-bond acceptors (Lipinski definition) is 6. The number of aryl methyl sites for hydroxylation is 2. The fraction of sp³-hybridized carbons (Fsp3) is 0.233. The Balaban J connectivity index is 1.43. The predicted octanol–water partition coefficient (Wildman–Crippen LogP) is 4.40. The highest BCUT2D eigenvalue weighted by Gasteiger charge is 2.55. The number of carbonyl (C=O) groups is 2. The monoisotopic (exact) mass is 552 g/mol. The molecule has 2 aromatic carbocycles. The van der Waals surface area contributed by atoms with E-state index in [2.05, 4.69) is 15.4 Å². The number of hydrogen-bond donors (Lipinski definition) is 1. The Morgan fingerprint density at radius 2 is 1.75 bits per heavy atom. The summed E-state index contributed by atoms with van der Waals surface area (Å²) in [7, 11) is 1.70. The number of pyridine rings is 1. The smallest absolute Gasteiger partial charge is 0.280 e. The van der Waals surface area contributed by atoms with Crippen LogP contribution in [-0.4, -0.2) is 37.2 Å². The molecule has 9 nitrogen and oxygen atoms in total. The summed E-state index contributed by atoms with van der Waals surface area (Å²) in [6, 6.07) is 17.8. The maximum absolute atomic E-state index is 14.1. The van der Waals surface area contributed by atoms with Crippen molar-refractivity contribution in [1.82, 2.24) is 24.6 Å². The Hall–Kier alpha value is -4.57. The number of anilines is 1. The molecule has 2 atom stereocenters. The van der Waals surface area contributed by atoms with Crippen molar-refractivity contribution in [3.05, 3.63) is 105 Å². The number of nitrogens with zero attached hydrogens (tertiary/aromatic N) is 5. The average molecular weight is 553 g/mol. The highest BCUT2D eigenvalue weighted by Crippen LogP contribution is 2.47. The van der Waals surface area contributed by atoms with E-state index in [1.54, 1.807) is 41.3 Å². The summed E-state index contributed by atoms with van der Waals surface area (Å²) in [5, 5.41) is 8.92. The van der Waals surface area contributed by atoms with Gasteiger partial charge in [0.15, 0.2) is 5.01 Å². The van der Waals surface area contributed by atoms with E-state index in [-0.39, 0.29) is 17.4 Å². The number of thiazole rings is 1. The van der Waals surface area contributed by atoms with Crippen LogP contribution in [0, 0.1) is 12.3 Å². The van der Waals surface area contributed by atoms with E-state index in [0.29, 0.717) is 10.7 Å². The van der Waals surface area contributed by atoms with Gasteiger partial charge in [-0.3, -0.25) is 14.4 Å². The van der Waals surface area contributed by atoms with Gasteiger partial charge in [-0.25, -0.2) is 9.67 Å². The summed E-state index contributed by atoms with van der Waals surface area (Å²) in [5.74, 6) is -0.382. The molecule has 1 N–H and O–H groups in total. The SMILES string of the molecule is Cc1cnc(C(=O)N[C@@H]2[C@@H](c3ccccc3)N(c3ccc4c(cnn4-c4ccc(=O)n(C)c4)c3)C(=O)C2(C)C)s1. The summed E-state index contributed by atoms with van der Waals surface area (Å²) in [6.07, 6.45) is 5.16. The largest absolute Gasteiger partial charge is 0.344 e. The van der Waals surface area contributed by atoms with Gasteiger partial charge in [0.25, 0.3) is 5.91 Å². The molecule has 40 heavy (non-hydrogen) atoms. The van der Waals surface area contributed by atoms with Crippen LogP contribution in [0.3, 0.4) is 0 Å². The van der Waals surface area contributed by atoms with Crippen LogP contribution in [0.5, 0.6) is 0 Å². The lowest BCUT2D eigenvalue weighted by Gasteiger charge is -2.30. The van der Waals surface area contributed by atoms with Crippen molar-refractivity contribution < 1.29 is 9.59 Å². The minimum atomic E-state index is -0.892. The maximum Gasteiger partial charge on any atom is 0.280 e. The predicted molar refractivity (Wildman–Crippen MR) is 155 cm³/mol. The van der Waals surface area contributed by atoms with Crippen molar-refractivity contribution in [1.29, 1.82) is 0 Å². The van der Waals surface area contributed by atoms with E-state index >= 15 is 0 Å². The molecule has 2 amide bonds. The molecule has 0 aliphatic carbocycles. The van der Waals surface area contributed by atoms with Crippen LogP contribution in [0.25, 0.3) is 16.6 Å². The molecular formula is C30H28N6O3S. The van der Waals surface area contributed by atoms with Gasteiger partial charge in [-0.2, -0.15) is 5.10 Å². The van der Waals surface area contributed by atoms with E-state index in [4.69, 9.17) is 0 Å². The molecule has 4 heterocycles. The number of carbonyl (C=O) groups excluding carboxylic acids is 2. The zero-order valence-electron chi connectivity index (χ0n) is 22.5. The molecule has 5 aromatic rings. The first-order chi connectivity index (χ1) is 19.1. The van der Waals surface area contributed by atoms with Gasteiger partial charge in [0.1, 0.15) is 0 Å². The van der Waals surface area contributed by atoms with Crippen molar-refractivity contribution in [2.24, 2.45) is 12.5 Å². The summed E-state index contributed by atoms with van der Waals surface area (Å²) >= 11 is 1.33. The number of fused-ring (bicyclic) bond motifs is 1. The molecule has 0 unspecified atom stereocenters. The van der Waals surface area contributed by atoms with Crippen LogP contribution in [0.15, 0.2) is 84.0 Å². The summed E-state index contributed by atoms with van der Waals surface area (Å²) in [6.45, 7) is 5.66. The molecule has 0 bridgehead atoms. The number of amides is 2. The average Bonchev–Trinajstić information content (AvgIpc) is 3.62. The van der Waals surface area contributed by atoms with Crippen LogP contribution in [0.2, 0.25) is 0 Å². The number of benzene rings is 2. The molecule has 10 heteroatoms. The molecule has 202 valence electrons. The zero-order chi connectivity index (χ0) is 28.2. The molecule has 1 fully saturated rings. The van der Waals surface area contributed by atoms with E-state index in [1.165, 1.54) is 22.0 Å². The van der Waals surface area contributed by atoms with Crippen LogP contribution < -0.4 is 15.8 Å². The van der Waals surface area contributed by atoms with Crippen LogP contribution in [-0.2, 0) is 11.8 Å². The van der Waals surface area contributed by atoms with E-state index in [9.17, 15) is 14.4 Å². The first-order valence-corrected chi connectivity index (χ1v) is 13.7. The lowest BCUT2D eigenvalue weighted by Crippen LogP contribution is -2.46. The molecule has 1 aliphatic heterocycles. The van der Waals surface area contributed by atoms with E-state index < -0.39 is 17.5 Å². The highest BCUT2D eigenvalue weighted by atomic mass is 32.1. The van der Waals surface area contributed by atoms with E-state index in [1.807, 2.05) is 69.3 Å². The van der Waals surface area contributed by atoms with Gasteiger partial charge in [-0.1, -0.05) is 30.3 Å². The Labute approximate surface area is 234 Å². The van der Waals surface area contributed by atoms with Gasteiger partial charge in [0, 0.05) is 41.5 Å². The third kappa shape index (κ3) is 4.21. The third-order valence-electron chi connectivity index (χ3n) is 7.53. The first-order valence-electron chi connectivity index (χ1n) is 12.9. The molecular weight excluding hydrogens is 524 g/mol. The second-order valence-electron chi connectivity index (χ2n) is 10.6. The lowest BCUT2D eigenvalue weighted by molar-refractivity contribution is -0.124. The van der Waals surface area contributed by atoms with Crippen LogP contribution >= 0.6 is 11.3 Å². The molecule has 0 spiro atoms. The Kier molecular flexibility index (Phi) is 6.14. The molecule has 0 saturated carbocycles. The van der Waals surface area contributed by atoms with Crippen molar-refractivity contribution in [3.8, 4) is 5.69 Å². The van der Waals surface area contributed by atoms with Gasteiger partial charge in [0.2, 0.25) is 11.5 Å². The highest BCUT2D eigenvalue weighted by molar-refractivity contribution is 7.13. The van der Waals surface area contributed by atoms with Crippen molar-refractivity contribution >= 4 is 39.7 Å². The Morgan fingerprint density at radius 3 is 2.45 bits per heavy atom. The van der Waals surface area contributed by atoms with Gasteiger partial charge in [-0.05, 0) is 50.6 Å². The molecule has 1 aliphatic rings. The summed E-state index contributed by atoms with van der Waals surface area (Å²) in [4.78, 5) is 46.2. The number of rotatable bonds is 5. The van der Waals surface area contributed by atoms with Gasteiger partial charge < -0.3 is 14.8 Å². The maximum atomic E-state index is 14.1. The van der Waals surface area contributed by atoms with Crippen LogP contribution in [0.1, 0.15) is 40.1 Å². The minimum absolute atomic E-state index is 0.0910. The lowest BCUT2D eigenvalue weighted by atomic mass is 9.82. The Bertz CT molecular complexity index is 1820. The number of aromatic nitrogens is 4. The standard InChI is InChI=1S/C30H28N6O3S/c1-18-15-31-28(40-18)27(38)33-26-25(19-8-6-5-7-9-19)35(29(39)30(26,2)3)21-10-12-23-20(14-21)16-32-36(23)22-11-13-24(37)34(4)17-22/h5-17,25-26H,1-4H3,(H,33,38)/t25-,26-/m1/s1. The quantitative estimate of drug-likeness (QED) is 0.348. The second kappa shape index (κ2) is 9.56. The molecule has 0 radical (unpaired) electrons. The molecule has 6 rings (SSSR count). The van der Waals surface area contributed by atoms with Crippen molar-refractivity contribution in [2.45, 2.75) is 32.9 Å². The zero-order valence-corrected chi connectivity index (χ0v) is 23.3. The van der Waals surface area contributed by atoms with Gasteiger partial charge in [-0.15, -0.1) is 11.3 Å². The second-order valence-corrected chi connectivity index (χ2v) is 11.9. The minimum Gasteiger partial charge on any atom is -0.344 e. The van der Waals surface area contributed by atoms with Gasteiger partial charge >= 0.3 is 0 Å². The molecule has 1 saturated heterocycles. The van der Waals surface area contributed by atoms with Crippen LogP contribution in [0.4, 0.5) is 5.69 Å². The fourth-order valence-electron chi connectivity index (χ4n) is 5.39. The molecule has 3 aromatic heterocycles.